The molecule has 3 aliphatic carbocycles. The predicted octanol–water partition coefficient (Wildman–Crippen LogP) is 4.87. The summed E-state index contributed by atoms with van der Waals surface area (Å²) in [4.78, 5) is 2.67. The molecular formula is C30H26N2. The molecule has 0 saturated heterocycles. The van der Waals surface area contributed by atoms with Crippen LogP contribution in [0.2, 0.25) is 0 Å². The van der Waals surface area contributed by atoms with Gasteiger partial charge in [0.1, 0.15) is 0 Å². The highest BCUT2D eigenvalue weighted by molar-refractivity contribution is 5.70. The molecule has 0 fully saturated rings. The molecule has 0 bridgehead atoms. The second-order valence-electron chi connectivity index (χ2n) is 9.20. The fraction of sp³-hybridized carbons (Fsp3) is 0.200. The maximum Gasteiger partial charge on any atom is 0.0586 e. The van der Waals surface area contributed by atoms with Crippen molar-refractivity contribution in [3.8, 4) is 5.69 Å². The summed E-state index contributed by atoms with van der Waals surface area (Å²) in [6.45, 7) is 0. The maximum atomic E-state index is 2.67. The van der Waals surface area contributed by atoms with Gasteiger partial charge < -0.3 is 9.47 Å². The predicted molar refractivity (Wildman–Crippen MR) is 133 cm³/mol. The quantitative estimate of drug-likeness (QED) is 0.581. The van der Waals surface area contributed by atoms with Gasteiger partial charge in [0.2, 0.25) is 0 Å². The van der Waals surface area contributed by atoms with Gasteiger partial charge in [-0.25, -0.2) is 0 Å². The van der Waals surface area contributed by atoms with Crippen molar-refractivity contribution in [1.82, 2.24) is 4.57 Å². The highest BCUT2D eigenvalue weighted by Crippen LogP contribution is 2.45. The SMILES string of the molecule is C1=CC2c3ccccc3N(C3C=c4c5c(n(-c6ccccc6)c4=CC3)C=CCC5)C2C=C1. The smallest absolute Gasteiger partial charge is 0.0586 e. The summed E-state index contributed by atoms with van der Waals surface area (Å²) in [5.41, 5.74) is 6.99. The maximum absolute atomic E-state index is 2.67. The van der Waals surface area contributed by atoms with E-state index in [-0.39, 0.29) is 0 Å². The summed E-state index contributed by atoms with van der Waals surface area (Å²) < 4.78 is 2.47. The zero-order valence-electron chi connectivity index (χ0n) is 18.1. The minimum Gasteiger partial charge on any atom is -0.357 e. The molecule has 0 amide bonds. The Morgan fingerprint density at radius 2 is 1.72 bits per heavy atom. The summed E-state index contributed by atoms with van der Waals surface area (Å²) in [6, 6.07) is 20.6. The number of anilines is 1. The molecule has 2 heteroatoms. The van der Waals surface area contributed by atoms with Gasteiger partial charge in [-0.15, -0.1) is 0 Å². The van der Waals surface area contributed by atoms with Crippen LogP contribution in [0.15, 0.2) is 85.0 Å². The summed E-state index contributed by atoms with van der Waals surface area (Å²) in [5, 5.41) is 2.81. The third kappa shape index (κ3) is 2.53. The molecule has 0 N–H and O–H groups in total. The summed E-state index contributed by atoms with van der Waals surface area (Å²) >= 11 is 0. The van der Waals surface area contributed by atoms with Crippen molar-refractivity contribution in [2.75, 3.05) is 4.90 Å². The summed E-state index contributed by atoms with van der Waals surface area (Å²) in [6.07, 6.45) is 22.2. The number of nitrogens with zero attached hydrogens (tertiary/aromatic N) is 2. The van der Waals surface area contributed by atoms with Crippen molar-refractivity contribution in [3.05, 3.63) is 112 Å². The van der Waals surface area contributed by atoms with E-state index in [1.54, 1.807) is 0 Å². The third-order valence-corrected chi connectivity index (χ3v) is 7.51. The second kappa shape index (κ2) is 7.00. The Kier molecular flexibility index (Phi) is 3.96. The van der Waals surface area contributed by atoms with E-state index in [1.165, 1.54) is 38.8 Å². The zero-order chi connectivity index (χ0) is 21.1. The van der Waals surface area contributed by atoms with Gasteiger partial charge in [0.25, 0.3) is 0 Å². The molecule has 32 heavy (non-hydrogen) atoms. The van der Waals surface area contributed by atoms with Crippen LogP contribution in [-0.2, 0) is 6.42 Å². The van der Waals surface area contributed by atoms with Crippen molar-refractivity contribution >= 4 is 23.9 Å². The van der Waals surface area contributed by atoms with E-state index in [0.717, 1.165) is 19.3 Å². The average molecular weight is 415 g/mol. The molecule has 0 saturated carbocycles. The number of hydrogen-bond acceptors (Lipinski definition) is 1. The first-order valence-electron chi connectivity index (χ1n) is 11.8. The van der Waals surface area contributed by atoms with Crippen LogP contribution in [-0.4, -0.2) is 16.7 Å². The van der Waals surface area contributed by atoms with Gasteiger partial charge in [0.15, 0.2) is 0 Å². The number of rotatable bonds is 2. The van der Waals surface area contributed by atoms with Gasteiger partial charge in [0.05, 0.1) is 12.1 Å². The van der Waals surface area contributed by atoms with E-state index in [9.17, 15) is 0 Å². The molecule has 0 radical (unpaired) electrons. The standard InChI is InChI=1S/C30H26N2/c1-2-10-21(11-3-1)31-29-17-9-6-14-25(29)26-20-22(18-19-30(26)31)32-27-15-7-4-12-23(27)24-13-5-8-16-28(24)32/h1-5,7-13,15-17,19-20,22-23,27H,6,14,18H2. The Morgan fingerprint density at radius 1 is 0.875 bits per heavy atom. The van der Waals surface area contributed by atoms with Crippen LogP contribution in [0.3, 0.4) is 0 Å². The van der Waals surface area contributed by atoms with Gasteiger partial charge in [-0.2, -0.15) is 0 Å². The van der Waals surface area contributed by atoms with Crippen molar-refractivity contribution in [2.24, 2.45) is 0 Å². The van der Waals surface area contributed by atoms with Crippen molar-refractivity contribution in [2.45, 2.75) is 37.3 Å². The lowest BCUT2D eigenvalue weighted by atomic mass is 9.91. The number of hydrogen-bond donors (Lipinski definition) is 0. The van der Waals surface area contributed by atoms with Crippen LogP contribution < -0.4 is 15.5 Å². The van der Waals surface area contributed by atoms with E-state index in [4.69, 9.17) is 0 Å². The van der Waals surface area contributed by atoms with E-state index in [0.29, 0.717) is 18.0 Å². The van der Waals surface area contributed by atoms with Crippen LogP contribution in [0.5, 0.6) is 0 Å². The lowest BCUT2D eigenvalue weighted by Crippen LogP contribution is -2.45. The molecule has 2 heterocycles. The fourth-order valence-corrected chi connectivity index (χ4v) is 6.18. The Labute approximate surface area is 188 Å². The highest BCUT2D eigenvalue weighted by atomic mass is 15.2. The van der Waals surface area contributed by atoms with Crippen molar-refractivity contribution < 1.29 is 0 Å². The molecule has 3 atom stereocenters. The van der Waals surface area contributed by atoms with E-state index in [1.807, 2.05) is 0 Å². The molecule has 1 aliphatic heterocycles. The normalized spacial score (nSPS) is 24.2. The summed E-state index contributed by atoms with van der Waals surface area (Å²) in [5.74, 6) is 0.455. The largest absolute Gasteiger partial charge is 0.357 e. The van der Waals surface area contributed by atoms with Gasteiger partial charge >= 0.3 is 0 Å². The van der Waals surface area contributed by atoms with E-state index in [2.05, 4.69) is 113 Å². The number of aromatic nitrogens is 1. The minimum atomic E-state index is 0.372. The Bertz CT molecular complexity index is 1420. The molecule has 7 rings (SSSR count). The Hall–Kier alpha value is -3.52. The zero-order valence-corrected chi connectivity index (χ0v) is 18.1. The molecule has 3 unspecified atom stereocenters. The summed E-state index contributed by atoms with van der Waals surface area (Å²) in [7, 11) is 0. The fourth-order valence-electron chi connectivity index (χ4n) is 6.18. The first-order valence-corrected chi connectivity index (χ1v) is 11.8. The van der Waals surface area contributed by atoms with Crippen molar-refractivity contribution in [1.29, 1.82) is 0 Å². The molecule has 2 aromatic carbocycles. The lowest BCUT2D eigenvalue weighted by Gasteiger charge is -2.35. The van der Waals surface area contributed by atoms with E-state index < -0.39 is 0 Å². The number of para-hydroxylation sites is 2. The topological polar surface area (TPSA) is 8.17 Å². The van der Waals surface area contributed by atoms with Gasteiger partial charge in [-0.05, 0) is 54.7 Å². The molecule has 2 nitrogen and oxygen atoms in total. The average Bonchev–Trinajstić information content (AvgIpc) is 3.37. The number of benzene rings is 2. The third-order valence-electron chi connectivity index (χ3n) is 7.51. The Balaban J connectivity index is 1.41. The van der Waals surface area contributed by atoms with Gasteiger partial charge in [-0.3, -0.25) is 0 Å². The minimum absolute atomic E-state index is 0.372. The number of fused-ring (bicyclic) bond motifs is 6. The molecule has 0 spiro atoms. The van der Waals surface area contributed by atoms with Crippen LogP contribution in [0.4, 0.5) is 5.69 Å². The molecule has 156 valence electrons. The molecular weight excluding hydrogens is 388 g/mol. The Morgan fingerprint density at radius 3 is 2.66 bits per heavy atom. The van der Waals surface area contributed by atoms with Crippen molar-refractivity contribution in [3.63, 3.8) is 0 Å². The first-order chi connectivity index (χ1) is 15.9. The van der Waals surface area contributed by atoms with Crippen LogP contribution in [0.25, 0.3) is 23.9 Å². The van der Waals surface area contributed by atoms with Crippen LogP contribution in [0.1, 0.15) is 35.6 Å². The van der Waals surface area contributed by atoms with Gasteiger partial charge in [-0.1, -0.05) is 78.9 Å². The first kappa shape index (κ1) is 18.1. The highest BCUT2D eigenvalue weighted by Gasteiger charge is 2.39. The van der Waals surface area contributed by atoms with Gasteiger partial charge in [0, 0.05) is 33.6 Å². The lowest BCUT2D eigenvalue weighted by molar-refractivity contribution is 0.633. The number of allylic oxidation sites excluding steroid dienone is 3. The van der Waals surface area contributed by atoms with E-state index >= 15 is 0 Å². The van der Waals surface area contributed by atoms with Crippen LogP contribution in [0, 0.1) is 0 Å². The van der Waals surface area contributed by atoms with Crippen LogP contribution >= 0.6 is 0 Å². The monoisotopic (exact) mass is 414 g/mol. The molecule has 3 aromatic rings. The molecule has 1 aromatic heterocycles. The molecule has 4 aliphatic rings. The second-order valence-corrected chi connectivity index (χ2v) is 9.20.